The summed E-state index contributed by atoms with van der Waals surface area (Å²) in [6.45, 7) is 2.17. The van der Waals surface area contributed by atoms with Crippen molar-refractivity contribution in [2.45, 2.75) is 64.1 Å². The van der Waals surface area contributed by atoms with E-state index in [4.69, 9.17) is 16.3 Å². The molecule has 3 rings (SSSR count). The maximum atomic E-state index is 13.2. The minimum Gasteiger partial charge on any atom is -0.484 e. The predicted octanol–water partition coefficient (Wildman–Crippen LogP) is 4.98. The molecule has 166 valence electrons. The van der Waals surface area contributed by atoms with Gasteiger partial charge in [0, 0.05) is 17.6 Å². The molecule has 6 heteroatoms. The van der Waals surface area contributed by atoms with Crippen molar-refractivity contribution in [3.8, 4) is 5.75 Å². The van der Waals surface area contributed by atoms with Crippen LogP contribution in [-0.4, -0.2) is 35.4 Å². The van der Waals surface area contributed by atoms with E-state index in [1.54, 1.807) is 29.2 Å². The molecule has 5 nitrogen and oxygen atoms in total. The van der Waals surface area contributed by atoms with Gasteiger partial charge in [-0.3, -0.25) is 9.59 Å². The fourth-order valence-electron chi connectivity index (χ4n) is 4.00. The molecule has 0 unspecified atom stereocenters. The van der Waals surface area contributed by atoms with Crippen molar-refractivity contribution in [2.24, 2.45) is 0 Å². The molecule has 31 heavy (non-hydrogen) atoms. The van der Waals surface area contributed by atoms with E-state index in [9.17, 15) is 9.59 Å². The Labute approximate surface area is 189 Å². The SMILES string of the molecule is CC[C@H](C(=O)NC1CCCCC1)N(Cc1ccccc1)C(=O)COc1ccc(Cl)cc1. The lowest BCUT2D eigenvalue weighted by atomic mass is 9.95. The van der Waals surface area contributed by atoms with Crippen LogP contribution in [-0.2, 0) is 16.1 Å². The highest BCUT2D eigenvalue weighted by molar-refractivity contribution is 6.30. The number of hydrogen-bond donors (Lipinski definition) is 1. The molecule has 0 bridgehead atoms. The van der Waals surface area contributed by atoms with Gasteiger partial charge < -0.3 is 15.0 Å². The van der Waals surface area contributed by atoms with Crippen molar-refractivity contribution in [1.29, 1.82) is 0 Å². The molecule has 1 saturated carbocycles. The van der Waals surface area contributed by atoms with E-state index < -0.39 is 6.04 Å². The summed E-state index contributed by atoms with van der Waals surface area (Å²) in [6.07, 6.45) is 6.07. The first-order valence-corrected chi connectivity index (χ1v) is 11.5. The zero-order valence-corrected chi connectivity index (χ0v) is 18.8. The Kier molecular flexibility index (Phi) is 8.77. The number of ether oxygens (including phenoxy) is 1. The summed E-state index contributed by atoms with van der Waals surface area (Å²) < 4.78 is 5.68. The Bertz CT molecular complexity index is 836. The lowest BCUT2D eigenvalue weighted by Gasteiger charge is -2.32. The van der Waals surface area contributed by atoms with Crippen LogP contribution in [0.5, 0.6) is 5.75 Å². The summed E-state index contributed by atoms with van der Waals surface area (Å²) in [4.78, 5) is 28.0. The molecule has 1 N–H and O–H groups in total. The summed E-state index contributed by atoms with van der Waals surface area (Å²) in [6, 6.07) is 16.3. The highest BCUT2D eigenvalue weighted by Gasteiger charge is 2.30. The summed E-state index contributed by atoms with van der Waals surface area (Å²) in [7, 11) is 0. The normalized spacial score (nSPS) is 15.2. The number of nitrogens with one attached hydrogen (secondary N) is 1. The van der Waals surface area contributed by atoms with E-state index in [2.05, 4.69) is 5.32 Å². The van der Waals surface area contributed by atoms with Crippen molar-refractivity contribution in [3.63, 3.8) is 0 Å². The van der Waals surface area contributed by atoms with E-state index in [1.807, 2.05) is 37.3 Å². The van der Waals surface area contributed by atoms with Gasteiger partial charge in [0.05, 0.1) is 0 Å². The maximum Gasteiger partial charge on any atom is 0.261 e. The van der Waals surface area contributed by atoms with E-state index in [-0.39, 0.29) is 24.5 Å². The Morgan fingerprint density at radius 1 is 1.06 bits per heavy atom. The Morgan fingerprint density at radius 3 is 2.39 bits per heavy atom. The molecular formula is C25H31ClN2O3. The summed E-state index contributed by atoms with van der Waals surface area (Å²) in [5, 5.41) is 3.79. The number of carbonyl (C=O) groups is 2. The van der Waals surface area contributed by atoms with E-state index in [1.165, 1.54) is 6.42 Å². The third kappa shape index (κ3) is 7.00. The molecule has 1 fully saturated rings. The van der Waals surface area contributed by atoms with Gasteiger partial charge in [-0.05, 0) is 49.1 Å². The van der Waals surface area contributed by atoms with Crippen molar-refractivity contribution in [2.75, 3.05) is 6.61 Å². The van der Waals surface area contributed by atoms with Gasteiger partial charge in [-0.1, -0.05) is 68.1 Å². The molecule has 0 heterocycles. The maximum absolute atomic E-state index is 13.2. The molecule has 0 aliphatic heterocycles. The molecule has 1 aliphatic carbocycles. The van der Waals surface area contributed by atoms with Gasteiger partial charge in [-0.2, -0.15) is 0 Å². The minimum atomic E-state index is -0.538. The Balaban J connectivity index is 1.72. The molecular weight excluding hydrogens is 412 g/mol. The lowest BCUT2D eigenvalue weighted by Crippen LogP contribution is -2.52. The average Bonchev–Trinajstić information content (AvgIpc) is 2.79. The van der Waals surface area contributed by atoms with Crippen molar-refractivity contribution >= 4 is 23.4 Å². The zero-order chi connectivity index (χ0) is 22.1. The number of halogens is 1. The van der Waals surface area contributed by atoms with Crippen molar-refractivity contribution < 1.29 is 14.3 Å². The average molecular weight is 443 g/mol. The smallest absolute Gasteiger partial charge is 0.261 e. The number of benzene rings is 2. The van der Waals surface area contributed by atoms with Crippen LogP contribution in [0.1, 0.15) is 51.0 Å². The summed E-state index contributed by atoms with van der Waals surface area (Å²) >= 11 is 5.92. The number of rotatable bonds is 9. The number of amides is 2. The highest BCUT2D eigenvalue weighted by atomic mass is 35.5. The van der Waals surface area contributed by atoms with E-state index in [0.29, 0.717) is 23.7 Å². The number of carbonyl (C=O) groups excluding carboxylic acids is 2. The fourth-order valence-corrected chi connectivity index (χ4v) is 4.13. The van der Waals surface area contributed by atoms with Crippen molar-refractivity contribution in [1.82, 2.24) is 10.2 Å². The van der Waals surface area contributed by atoms with Crippen molar-refractivity contribution in [3.05, 3.63) is 65.2 Å². The topological polar surface area (TPSA) is 58.6 Å². The number of nitrogens with zero attached hydrogens (tertiary/aromatic N) is 1. The van der Waals surface area contributed by atoms with Crippen LogP contribution in [0.25, 0.3) is 0 Å². The van der Waals surface area contributed by atoms with Gasteiger partial charge in [0.25, 0.3) is 5.91 Å². The minimum absolute atomic E-state index is 0.0785. The standard InChI is InChI=1S/C25H31ClN2O3/c1-2-23(25(30)27-21-11-7-4-8-12-21)28(17-19-9-5-3-6-10-19)24(29)18-31-22-15-13-20(26)14-16-22/h3,5-6,9-10,13-16,21,23H,2,4,7-8,11-12,17-18H2,1H3,(H,27,30)/t23-/m1/s1. The van der Waals surface area contributed by atoms with Crippen LogP contribution in [0, 0.1) is 0 Å². The first-order valence-electron chi connectivity index (χ1n) is 11.1. The molecule has 2 aromatic carbocycles. The van der Waals surface area contributed by atoms with Crippen LogP contribution in [0.2, 0.25) is 5.02 Å². The van der Waals surface area contributed by atoms with Crippen LogP contribution < -0.4 is 10.1 Å². The molecule has 0 spiro atoms. The monoisotopic (exact) mass is 442 g/mol. The Hall–Kier alpha value is -2.53. The molecule has 1 atom stereocenters. The number of hydrogen-bond acceptors (Lipinski definition) is 3. The van der Waals surface area contributed by atoms with Crippen LogP contribution in [0.3, 0.4) is 0 Å². The molecule has 2 aromatic rings. The van der Waals surface area contributed by atoms with Crippen LogP contribution in [0.15, 0.2) is 54.6 Å². The van der Waals surface area contributed by atoms with E-state index in [0.717, 1.165) is 31.2 Å². The third-order valence-corrected chi connectivity index (χ3v) is 5.96. The first kappa shape index (κ1) is 23.1. The molecule has 0 aromatic heterocycles. The zero-order valence-electron chi connectivity index (χ0n) is 18.1. The lowest BCUT2D eigenvalue weighted by molar-refractivity contribution is -0.143. The van der Waals surface area contributed by atoms with Gasteiger partial charge in [0.1, 0.15) is 11.8 Å². The molecule has 0 saturated heterocycles. The molecule has 2 amide bonds. The second-order valence-electron chi connectivity index (χ2n) is 8.02. The van der Waals surface area contributed by atoms with Gasteiger partial charge in [-0.25, -0.2) is 0 Å². The second kappa shape index (κ2) is 11.8. The highest BCUT2D eigenvalue weighted by Crippen LogP contribution is 2.20. The summed E-state index contributed by atoms with van der Waals surface area (Å²) in [5.41, 5.74) is 0.978. The quantitative estimate of drug-likeness (QED) is 0.596. The fraction of sp³-hybridized carbons (Fsp3) is 0.440. The molecule has 0 radical (unpaired) electrons. The van der Waals surface area contributed by atoms with Crippen LogP contribution >= 0.6 is 11.6 Å². The van der Waals surface area contributed by atoms with Gasteiger partial charge >= 0.3 is 0 Å². The molecule has 1 aliphatic rings. The second-order valence-corrected chi connectivity index (χ2v) is 8.45. The van der Waals surface area contributed by atoms with E-state index >= 15 is 0 Å². The van der Waals surface area contributed by atoms with Gasteiger partial charge in [0.15, 0.2) is 6.61 Å². The van der Waals surface area contributed by atoms with Gasteiger partial charge in [-0.15, -0.1) is 0 Å². The first-order chi connectivity index (χ1) is 15.1. The van der Waals surface area contributed by atoms with Crippen LogP contribution in [0.4, 0.5) is 0 Å². The van der Waals surface area contributed by atoms with Gasteiger partial charge in [0.2, 0.25) is 5.91 Å². The largest absolute Gasteiger partial charge is 0.484 e. The third-order valence-electron chi connectivity index (χ3n) is 5.71. The Morgan fingerprint density at radius 2 is 1.74 bits per heavy atom. The summed E-state index contributed by atoms with van der Waals surface area (Å²) in [5.74, 6) is 0.270. The predicted molar refractivity (Wildman–Crippen MR) is 123 cm³/mol.